The molecule has 1 aromatic heterocycles. The normalized spacial score (nSPS) is 10.3. The molecule has 7 heteroatoms. The minimum absolute atomic E-state index is 0.169. The first-order chi connectivity index (χ1) is 12.0. The van der Waals surface area contributed by atoms with Gasteiger partial charge in [-0.2, -0.15) is 5.10 Å². The zero-order chi connectivity index (χ0) is 17.8. The van der Waals surface area contributed by atoms with E-state index in [1.54, 1.807) is 66.6 Å². The number of esters is 1. The van der Waals surface area contributed by atoms with Crippen molar-refractivity contribution in [3.8, 4) is 17.1 Å². The maximum Gasteiger partial charge on any atom is 0.343 e. The first kappa shape index (κ1) is 16.4. The standard InChI is InChI=1S/C18H16N4O3/c1-12(23)20-15-7-3-14(4-8-15)18(24)25-16-9-5-13(6-10-16)17-19-11-22(2)21-17/h3-11H,1-2H3,(H,20,23). The van der Waals surface area contributed by atoms with E-state index in [9.17, 15) is 9.59 Å². The topological polar surface area (TPSA) is 86.1 Å². The SMILES string of the molecule is CC(=O)Nc1ccc(C(=O)Oc2ccc(-c3ncn(C)n3)cc2)cc1. The van der Waals surface area contributed by atoms with E-state index >= 15 is 0 Å². The molecule has 3 aromatic rings. The van der Waals surface area contributed by atoms with Gasteiger partial charge in [0.2, 0.25) is 5.91 Å². The third-order valence-corrected chi connectivity index (χ3v) is 3.36. The summed E-state index contributed by atoms with van der Waals surface area (Å²) in [5.41, 5.74) is 1.85. The number of anilines is 1. The van der Waals surface area contributed by atoms with Crippen molar-refractivity contribution >= 4 is 17.6 Å². The lowest BCUT2D eigenvalue weighted by Gasteiger charge is -2.06. The van der Waals surface area contributed by atoms with E-state index in [4.69, 9.17) is 4.74 Å². The molecule has 7 nitrogen and oxygen atoms in total. The summed E-state index contributed by atoms with van der Waals surface area (Å²) >= 11 is 0. The molecule has 3 rings (SSSR count). The number of rotatable bonds is 4. The molecule has 0 fully saturated rings. The highest BCUT2D eigenvalue weighted by Gasteiger charge is 2.10. The van der Waals surface area contributed by atoms with Crippen LogP contribution >= 0.6 is 0 Å². The highest BCUT2D eigenvalue weighted by Crippen LogP contribution is 2.20. The van der Waals surface area contributed by atoms with Crippen LogP contribution in [0.3, 0.4) is 0 Å². The first-order valence-corrected chi connectivity index (χ1v) is 7.57. The summed E-state index contributed by atoms with van der Waals surface area (Å²) < 4.78 is 6.96. The van der Waals surface area contributed by atoms with Gasteiger partial charge in [-0.05, 0) is 48.5 Å². The van der Waals surface area contributed by atoms with Gasteiger partial charge in [-0.25, -0.2) is 9.78 Å². The Labute approximate surface area is 144 Å². The third-order valence-electron chi connectivity index (χ3n) is 3.36. The van der Waals surface area contributed by atoms with E-state index in [1.165, 1.54) is 6.92 Å². The number of nitrogens with one attached hydrogen (secondary N) is 1. The molecular weight excluding hydrogens is 320 g/mol. The molecule has 2 aromatic carbocycles. The Balaban J connectivity index is 1.67. The van der Waals surface area contributed by atoms with Crippen LogP contribution in [0.1, 0.15) is 17.3 Å². The van der Waals surface area contributed by atoms with Crippen molar-refractivity contribution in [2.24, 2.45) is 7.05 Å². The van der Waals surface area contributed by atoms with Crippen molar-refractivity contribution < 1.29 is 14.3 Å². The van der Waals surface area contributed by atoms with Crippen LogP contribution in [-0.4, -0.2) is 26.6 Å². The van der Waals surface area contributed by atoms with Gasteiger partial charge < -0.3 is 10.1 Å². The molecule has 1 heterocycles. The molecule has 126 valence electrons. The fourth-order valence-electron chi connectivity index (χ4n) is 2.20. The van der Waals surface area contributed by atoms with Crippen LogP contribution in [0.5, 0.6) is 5.75 Å². The molecule has 0 spiro atoms. The third kappa shape index (κ3) is 4.08. The lowest BCUT2D eigenvalue weighted by atomic mass is 10.2. The van der Waals surface area contributed by atoms with Gasteiger partial charge in [-0.3, -0.25) is 9.48 Å². The predicted octanol–water partition coefficient (Wildman–Crippen LogP) is 2.66. The molecule has 25 heavy (non-hydrogen) atoms. The van der Waals surface area contributed by atoms with Gasteiger partial charge in [0.25, 0.3) is 0 Å². The minimum Gasteiger partial charge on any atom is -0.423 e. The van der Waals surface area contributed by atoms with Crippen molar-refractivity contribution in [1.82, 2.24) is 14.8 Å². The Morgan fingerprint density at radius 2 is 1.72 bits per heavy atom. The quantitative estimate of drug-likeness (QED) is 0.585. The van der Waals surface area contributed by atoms with Crippen molar-refractivity contribution in [3.05, 3.63) is 60.4 Å². The fourth-order valence-corrected chi connectivity index (χ4v) is 2.20. The second-order valence-electron chi connectivity index (χ2n) is 5.41. The number of aromatic nitrogens is 3. The molecule has 1 amide bonds. The number of hydrogen-bond acceptors (Lipinski definition) is 5. The monoisotopic (exact) mass is 336 g/mol. The number of hydrogen-bond donors (Lipinski definition) is 1. The molecule has 0 saturated heterocycles. The zero-order valence-electron chi connectivity index (χ0n) is 13.8. The Bertz CT molecular complexity index is 899. The molecule has 0 radical (unpaired) electrons. The van der Waals surface area contributed by atoms with E-state index in [0.717, 1.165) is 5.56 Å². The average molecular weight is 336 g/mol. The summed E-state index contributed by atoms with van der Waals surface area (Å²) in [6.07, 6.45) is 1.62. The molecule has 0 aliphatic rings. The number of carbonyl (C=O) groups excluding carboxylic acids is 2. The Morgan fingerprint density at radius 1 is 1.04 bits per heavy atom. The van der Waals surface area contributed by atoms with Crippen LogP contribution in [0.4, 0.5) is 5.69 Å². The number of benzene rings is 2. The van der Waals surface area contributed by atoms with Crippen molar-refractivity contribution in [1.29, 1.82) is 0 Å². The second-order valence-corrected chi connectivity index (χ2v) is 5.41. The Kier molecular flexibility index (Phi) is 4.56. The van der Waals surface area contributed by atoms with Crippen LogP contribution in [-0.2, 0) is 11.8 Å². The van der Waals surface area contributed by atoms with Crippen LogP contribution < -0.4 is 10.1 Å². The van der Waals surface area contributed by atoms with Crippen LogP contribution in [0.15, 0.2) is 54.9 Å². The number of ether oxygens (including phenoxy) is 1. The molecule has 0 unspecified atom stereocenters. The van der Waals surface area contributed by atoms with Crippen LogP contribution in [0, 0.1) is 0 Å². The van der Waals surface area contributed by atoms with Crippen molar-refractivity contribution in [2.45, 2.75) is 6.92 Å². The summed E-state index contributed by atoms with van der Waals surface area (Å²) in [5, 5.41) is 6.86. The lowest BCUT2D eigenvalue weighted by molar-refractivity contribution is -0.114. The van der Waals surface area contributed by atoms with E-state index < -0.39 is 5.97 Å². The first-order valence-electron chi connectivity index (χ1n) is 7.57. The summed E-state index contributed by atoms with van der Waals surface area (Å²) in [5.74, 6) is 0.389. The number of amides is 1. The minimum atomic E-state index is -0.474. The predicted molar refractivity (Wildman–Crippen MR) is 92.1 cm³/mol. The average Bonchev–Trinajstić information content (AvgIpc) is 3.02. The smallest absolute Gasteiger partial charge is 0.343 e. The highest BCUT2D eigenvalue weighted by atomic mass is 16.5. The van der Waals surface area contributed by atoms with E-state index in [0.29, 0.717) is 22.8 Å². The Morgan fingerprint density at radius 3 is 2.28 bits per heavy atom. The molecule has 0 aliphatic carbocycles. The van der Waals surface area contributed by atoms with Gasteiger partial charge in [-0.15, -0.1) is 0 Å². The van der Waals surface area contributed by atoms with Crippen molar-refractivity contribution in [3.63, 3.8) is 0 Å². The van der Waals surface area contributed by atoms with E-state index in [2.05, 4.69) is 15.4 Å². The largest absolute Gasteiger partial charge is 0.423 e. The summed E-state index contributed by atoms with van der Waals surface area (Å²) in [6.45, 7) is 1.42. The maximum absolute atomic E-state index is 12.2. The van der Waals surface area contributed by atoms with E-state index in [1.807, 2.05) is 0 Å². The molecule has 0 atom stereocenters. The van der Waals surface area contributed by atoms with Gasteiger partial charge in [0.1, 0.15) is 12.1 Å². The molecule has 0 bridgehead atoms. The Hall–Kier alpha value is -3.48. The number of nitrogens with zero attached hydrogens (tertiary/aromatic N) is 3. The van der Waals surface area contributed by atoms with Crippen molar-refractivity contribution in [2.75, 3.05) is 5.32 Å². The molecule has 0 aliphatic heterocycles. The van der Waals surface area contributed by atoms with Gasteiger partial charge in [-0.1, -0.05) is 0 Å². The summed E-state index contributed by atoms with van der Waals surface area (Å²) in [6, 6.07) is 13.4. The van der Waals surface area contributed by atoms with Gasteiger partial charge in [0.05, 0.1) is 5.56 Å². The number of carbonyl (C=O) groups is 2. The summed E-state index contributed by atoms with van der Waals surface area (Å²) in [7, 11) is 1.80. The van der Waals surface area contributed by atoms with Gasteiger partial charge in [0, 0.05) is 25.2 Å². The van der Waals surface area contributed by atoms with Crippen LogP contribution in [0.25, 0.3) is 11.4 Å². The summed E-state index contributed by atoms with van der Waals surface area (Å²) in [4.78, 5) is 27.3. The lowest BCUT2D eigenvalue weighted by Crippen LogP contribution is -2.09. The fraction of sp³-hybridized carbons (Fsp3) is 0.111. The maximum atomic E-state index is 12.2. The number of aryl methyl sites for hydroxylation is 1. The van der Waals surface area contributed by atoms with Gasteiger partial charge >= 0.3 is 5.97 Å². The molecule has 1 N–H and O–H groups in total. The molecule has 0 saturated carbocycles. The van der Waals surface area contributed by atoms with E-state index in [-0.39, 0.29) is 5.91 Å². The highest BCUT2D eigenvalue weighted by molar-refractivity contribution is 5.93. The second kappa shape index (κ2) is 6.96. The van der Waals surface area contributed by atoms with Crippen LogP contribution in [0.2, 0.25) is 0 Å². The zero-order valence-corrected chi connectivity index (χ0v) is 13.8. The van der Waals surface area contributed by atoms with Gasteiger partial charge in [0.15, 0.2) is 5.82 Å². The molecular formula is C18H16N4O3.